The average molecular weight is 160 g/mol. The molecule has 0 radical (unpaired) electrons. The number of esters is 1. The second-order valence-electron chi connectivity index (χ2n) is 2.41. The van der Waals surface area contributed by atoms with Gasteiger partial charge in [0.15, 0.2) is 12.4 Å². The zero-order valence-electron chi connectivity index (χ0n) is 6.45. The van der Waals surface area contributed by atoms with E-state index in [1.54, 1.807) is 6.92 Å². The van der Waals surface area contributed by atoms with Crippen LogP contribution in [0.2, 0.25) is 0 Å². The molecule has 1 unspecified atom stereocenters. The molecule has 1 fully saturated rings. The highest BCUT2D eigenvalue weighted by atomic mass is 16.6. The van der Waals surface area contributed by atoms with Crippen molar-refractivity contribution in [3.05, 3.63) is 0 Å². The quantitative estimate of drug-likeness (QED) is 0.580. The monoisotopic (exact) mass is 160 g/mol. The number of aliphatic hydroxyl groups excluding tert-OH is 1. The molecule has 0 saturated carbocycles. The standard InChI is InChI=1S/C7H12O4/c1-2-10-7(9)5-3-4-6(8)11-5/h5-6,8H,2-4H2,1H3/t5?,6-/m0/s1. The SMILES string of the molecule is CCOC(=O)C1CC[C@@H](O)O1. The Morgan fingerprint density at radius 2 is 2.45 bits per heavy atom. The van der Waals surface area contributed by atoms with Crippen LogP contribution in [-0.4, -0.2) is 30.1 Å². The van der Waals surface area contributed by atoms with E-state index in [0.717, 1.165) is 0 Å². The van der Waals surface area contributed by atoms with Crippen LogP contribution in [0.3, 0.4) is 0 Å². The minimum Gasteiger partial charge on any atom is -0.464 e. The van der Waals surface area contributed by atoms with E-state index < -0.39 is 12.4 Å². The summed E-state index contributed by atoms with van der Waals surface area (Å²) in [5.74, 6) is -0.371. The third kappa shape index (κ3) is 2.17. The largest absolute Gasteiger partial charge is 0.464 e. The van der Waals surface area contributed by atoms with Crippen molar-refractivity contribution in [1.82, 2.24) is 0 Å². The van der Waals surface area contributed by atoms with Crippen LogP contribution in [0.5, 0.6) is 0 Å². The molecule has 0 spiro atoms. The summed E-state index contributed by atoms with van der Waals surface area (Å²) in [7, 11) is 0. The van der Waals surface area contributed by atoms with Gasteiger partial charge in [0.25, 0.3) is 0 Å². The highest BCUT2D eigenvalue weighted by molar-refractivity contribution is 5.74. The highest BCUT2D eigenvalue weighted by Gasteiger charge is 2.30. The van der Waals surface area contributed by atoms with Crippen LogP contribution in [-0.2, 0) is 14.3 Å². The van der Waals surface area contributed by atoms with E-state index in [1.165, 1.54) is 0 Å². The fraction of sp³-hybridized carbons (Fsp3) is 0.857. The maximum Gasteiger partial charge on any atom is 0.335 e. The van der Waals surface area contributed by atoms with E-state index in [-0.39, 0.29) is 5.97 Å². The van der Waals surface area contributed by atoms with Gasteiger partial charge in [0, 0.05) is 6.42 Å². The van der Waals surface area contributed by atoms with Gasteiger partial charge in [0.1, 0.15) is 0 Å². The lowest BCUT2D eigenvalue weighted by atomic mass is 10.2. The Morgan fingerprint density at radius 3 is 2.91 bits per heavy atom. The van der Waals surface area contributed by atoms with Crippen LogP contribution in [0.25, 0.3) is 0 Å². The molecule has 0 aliphatic carbocycles. The zero-order chi connectivity index (χ0) is 8.27. The average Bonchev–Trinajstić information content (AvgIpc) is 2.36. The van der Waals surface area contributed by atoms with E-state index >= 15 is 0 Å². The van der Waals surface area contributed by atoms with Gasteiger partial charge in [-0.25, -0.2) is 4.79 Å². The second kappa shape index (κ2) is 3.69. The summed E-state index contributed by atoms with van der Waals surface area (Å²) in [5.41, 5.74) is 0. The van der Waals surface area contributed by atoms with Gasteiger partial charge in [-0.1, -0.05) is 0 Å². The molecule has 4 heteroatoms. The number of hydrogen-bond acceptors (Lipinski definition) is 4. The van der Waals surface area contributed by atoms with Crippen molar-refractivity contribution in [2.75, 3.05) is 6.61 Å². The van der Waals surface area contributed by atoms with Gasteiger partial charge in [0.05, 0.1) is 6.61 Å². The van der Waals surface area contributed by atoms with Gasteiger partial charge in [-0.2, -0.15) is 0 Å². The predicted octanol–water partition coefficient (Wildman–Crippen LogP) is 0.0469. The number of carbonyl (C=O) groups excluding carboxylic acids is 1. The zero-order valence-corrected chi connectivity index (χ0v) is 6.45. The maximum atomic E-state index is 10.9. The Hall–Kier alpha value is -0.610. The fourth-order valence-corrected chi connectivity index (χ4v) is 1.03. The Balaban J connectivity index is 2.31. The Morgan fingerprint density at radius 1 is 1.73 bits per heavy atom. The molecule has 1 aliphatic rings. The maximum absolute atomic E-state index is 10.9. The van der Waals surface area contributed by atoms with Gasteiger partial charge in [0.2, 0.25) is 0 Å². The third-order valence-corrected chi connectivity index (χ3v) is 1.55. The van der Waals surface area contributed by atoms with Crippen molar-refractivity contribution in [2.24, 2.45) is 0 Å². The van der Waals surface area contributed by atoms with Crippen molar-refractivity contribution in [1.29, 1.82) is 0 Å². The molecule has 1 saturated heterocycles. The van der Waals surface area contributed by atoms with Crippen LogP contribution in [0.1, 0.15) is 19.8 Å². The number of rotatable bonds is 2. The number of carbonyl (C=O) groups is 1. The van der Waals surface area contributed by atoms with Gasteiger partial charge >= 0.3 is 5.97 Å². The molecule has 1 N–H and O–H groups in total. The molecule has 0 aromatic rings. The second-order valence-corrected chi connectivity index (χ2v) is 2.41. The number of aliphatic hydroxyl groups is 1. The fourth-order valence-electron chi connectivity index (χ4n) is 1.03. The van der Waals surface area contributed by atoms with Gasteiger partial charge < -0.3 is 14.6 Å². The minimum atomic E-state index is -0.788. The molecule has 2 atom stereocenters. The van der Waals surface area contributed by atoms with E-state index in [2.05, 4.69) is 0 Å². The summed E-state index contributed by atoms with van der Waals surface area (Å²) < 4.78 is 9.56. The molecule has 11 heavy (non-hydrogen) atoms. The summed E-state index contributed by atoms with van der Waals surface area (Å²) in [6, 6.07) is 0. The number of hydrogen-bond donors (Lipinski definition) is 1. The topological polar surface area (TPSA) is 55.8 Å². The molecular formula is C7H12O4. The van der Waals surface area contributed by atoms with E-state index in [0.29, 0.717) is 19.4 Å². The van der Waals surface area contributed by atoms with Crippen LogP contribution in [0.4, 0.5) is 0 Å². The molecule has 1 heterocycles. The molecule has 0 bridgehead atoms. The molecule has 0 aromatic carbocycles. The first-order valence-corrected chi connectivity index (χ1v) is 3.74. The van der Waals surface area contributed by atoms with Crippen LogP contribution < -0.4 is 0 Å². The molecule has 0 aromatic heterocycles. The molecule has 64 valence electrons. The smallest absolute Gasteiger partial charge is 0.335 e. The molecule has 0 amide bonds. The summed E-state index contributed by atoms with van der Waals surface area (Å²) in [5, 5.41) is 8.89. The van der Waals surface area contributed by atoms with Crippen molar-refractivity contribution < 1.29 is 19.4 Å². The lowest BCUT2D eigenvalue weighted by molar-refractivity contribution is -0.164. The van der Waals surface area contributed by atoms with Crippen molar-refractivity contribution in [2.45, 2.75) is 32.2 Å². The Bertz CT molecular complexity index is 145. The Labute approximate surface area is 65.1 Å². The summed E-state index contributed by atoms with van der Waals surface area (Å²) in [4.78, 5) is 10.9. The first-order chi connectivity index (χ1) is 5.24. The van der Waals surface area contributed by atoms with Crippen LogP contribution >= 0.6 is 0 Å². The van der Waals surface area contributed by atoms with Crippen molar-refractivity contribution in [3.8, 4) is 0 Å². The van der Waals surface area contributed by atoms with E-state index in [4.69, 9.17) is 14.6 Å². The first kappa shape index (κ1) is 8.49. The highest BCUT2D eigenvalue weighted by Crippen LogP contribution is 2.18. The molecule has 4 nitrogen and oxygen atoms in total. The van der Waals surface area contributed by atoms with Crippen molar-refractivity contribution in [3.63, 3.8) is 0 Å². The van der Waals surface area contributed by atoms with Gasteiger partial charge in [-0.15, -0.1) is 0 Å². The minimum absolute atomic E-state index is 0.356. The molecular weight excluding hydrogens is 148 g/mol. The lowest BCUT2D eigenvalue weighted by Gasteiger charge is -2.08. The first-order valence-electron chi connectivity index (χ1n) is 3.74. The van der Waals surface area contributed by atoms with Crippen LogP contribution in [0, 0.1) is 0 Å². The molecule has 1 rings (SSSR count). The number of ether oxygens (including phenoxy) is 2. The third-order valence-electron chi connectivity index (χ3n) is 1.55. The lowest BCUT2D eigenvalue weighted by Crippen LogP contribution is -2.23. The van der Waals surface area contributed by atoms with E-state index in [9.17, 15) is 4.79 Å². The van der Waals surface area contributed by atoms with Crippen molar-refractivity contribution >= 4 is 5.97 Å². The van der Waals surface area contributed by atoms with Gasteiger partial charge in [-0.3, -0.25) is 0 Å². The normalized spacial score (nSPS) is 30.4. The Kier molecular flexibility index (Phi) is 2.84. The summed E-state index contributed by atoms with van der Waals surface area (Å²) in [6.45, 7) is 2.10. The molecule has 1 aliphatic heterocycles. The predicted molar refractivity (Wildman–Crippen MR) is 36.7 cm³/mol. The summed E-state index contributed by atoms with van der Waals surface area (Å²) in [6.07, 6.45) is -0.266. The van der Waals surface area contributed by atoms with Gasteiger partial charge in [-0.05, 0) is 13.3 Å². The summed E-state index contributed by atoms with van der Waals surface area (Å²) >= 11 is 0. The van der Waals surface area contributed by atoms with E-state index in [1.807, 2.05) is 0 Å². The van der Waals surface area contributed by atoms with Crippen LogP contribution in [0.15, 0.2) is 0 Å².